The summed E-state index contributed by atoms with van der Waals surface area (Å²) in [6.07, 6.45) is 6.16. The first kappa shape index (κ1) is 15.7. The third-order valence-electron chi connectivity index (χ3n) is 2.60. The van der Waals surface area contributed by atoms with Gasteiger partial charge in [0.05, 0.1) is 0 Å². The van der Waals surface area contributed by atoms with Crippen LogP contribution in [0.4, 0.5) is 11.8 Å². The third-order valence-corrected chi connectivity index (χ3v) is 2.60. The van der Waals surface area contributed by atoms with Crippen molar-refractivity contribution in [3.8, 4) is 0 Å². The molecule has 0 saturated carbocycles. The second-order valence-corrected chi connectivity index (χ2v) is 4.44. The van der Waals surface area contributed by atoms with Gasteiger partial charge in [-0.05, 0) is 25.3 Å². The molecule has 0 atom stereocenters. The lowest BCUT2D eigenvalue weighted by molar-refractivity contribution is 0.131. The molecule has 5 heteroatoms. The van der Waals surface area contributed by atoms with Crippen molar-refractivity contribution in [3.63, 3.8) is 0 Å². The van der Waals surface area contributed by atoms with E-state index >= 15 is 0 Å². The Morgan fingerprint density at radius 1 is 1.05 bits per heavy atom. The molecule has 0 aliphatic carbocycles. The first-order valence-electron chi connectivity index (χ1n) is 7.25. The number of rotatable bonds is 11. The second-order valence-electron chi connectivity index (χ2n) is 4.44. The van der Waals surface area contributed by atoms with E-state index in [1.807, 2.05) is 6.07 Å². The summed E-state index contributed by atoms with van der Waals surface area (Å²) in [5, 5.41) is 6.45. The van der Waals surface area contributed by atoms with Crippen LogP contribution in [0.2, 0.25) is 0 Å². The molecule has 0 aliphatic heterocycles. The maximum absolute atomic E-state index is 5.50. The van der Waals surface area contributed by atoms with E-state index in [1.165, 1.54) is 6.42 Å². The van der Waals surface area contributed by atoms with E-state index < -0.39 is 0 Å². The summed E-state index contributed by atoms with van der Waals surface area (Å²) in [7, 11) is 0. The van der Waals surface area contributed by atoms with Gasteiger partial charge in [-0.25, -0.2) is 4.98 Å². The molecule has 0 radical (unpaired) electrons. The first-order valence-corrected chi connectivity index (χ1v) is 7.25. The highest BCUT2D eigenvalue weighted by Crippen LogP contribution is 2.05. The fraction of sp³-hybridized carbons (Fsp3) is 0.714. The summed E-state index contributed by atoms with van der Waals surface area (Å²) < 4.78 is 5.50. The molecule has 2 N–H and O–H groups in total. The van der Waals surface area contributed by atoms with Crippen LogP contribution in [-0.4, -0.2) is 36.3 Å². The Labute approximate surface area is 116 Å². The smallest absolute Gasteiger partial charge is 0.224 e. The molecule has 1 aromatic heterocycles. The largest absolute Gasteiger partial charge is 0.381 e. The molecule has 0 unspecified atom stereocenters. The zero-order chi connectivity index (χ0) is 13.8. The minimum atomic E-state index is 0.686. The van der Waals surface area contributed by atoms with Gasteiger partial charge in [-0.2, -0.15) is 4.98 Å². The van der Waals surface area contributed by atoms with E-state index in [2.05, 4.69) is 34.4 Å². The van der Waals surface area contributed by atoms with E-state index in [4.69, 9.17) is 4.74 Å². The van der Waals surface area contributed by atoms with Crippen LogP contribution in [0, 0.1) is 0 Å². The molecule has 0 aliphatic rings. The normalized spacial score (nSPS) is 10.4. The zero-order valence-electron chi connectivity index (χ0n) is 12.1. The minimum Gasteiger partial charge on any atom is -0.381 e. The number of ether oxygens (including phenoxy) is 1. The van der Waals surface area contributed by atoms with Gasteiger partial charge >= 0.3 is 0 Å². The molecule has 0 saturated heterocycles. The predicted molar refractivity (Wildman–Crippen MR) is 79.6 cm³/mol. The van der Waals surface area contributed by atoms with Crippen molar-refractivity contribution >= 4 is 11.8 Å². The van der Waals surface area contributed by atoms with Crippen molar-refractivity contribution in [2.75, 3.05) is 36.9 Å². The summed E-state index contributed by atoms with van der Waals surface area (Å²) >= 11 is 0. The van der Waals surface area contributed by atoms with Crippen molar-refractivity contribution in [3.05, 3.63) is 12.3 Å². The van der Waals surface area contributed by atoms with Gasteiger partial charge in [0.15, 0.2) is 0 Å². The van der Waals surface area contributed by atoms with Crippen LogP contribution < -0.4 is 10.6 Å². The molecule has 0 fully saturated rings. The summed E-state index contributed by atoms with van der Waals surface area (Å²) in [4.78, 5) is 8.55. The minimum absolute atomic E-state index is 0.686. The number of hydrogen-bond donors (Lipinski definition) is 2. The molecule has 1 aromatic rings. The van der Waals surface area contributed by atoms with E-state index in [1.54, 1.807) is 6.20 Å². The van der Waals surface area contributed by atoms with Gasteiger partial charge in [0.25, 0.3) is 0 Å². The lowest BCUT2D eigenvalue weighted by Gasteiger charge is -2.08. The average molecular weight is 266 g/mol. The van der Waals surface area contributed by atoms with E-state index in [-0.39, 0.29) is 0 Å². The molecular formula is C14H26N4O. The highest BCUT2D eigenvalue weighted by molar-refractivity contribution is 5.39. The Morgan fingerprint density at radius 3 is 2.68 bits per heavy atom. The van der Waals surface area contributed by atoms with Crippen LogP contribution >= 0.6 is 0 Å². The van der Waals surface area contributed by atoms with Crippen LogP contribution in [0.1, 0.15) is 39.5 Å². The van der Waals surface area contributed by atoms with Crippen molar-refractivity contribution in [2.24, 2.45) is 0 Å². The molecule has 0 spiro atoms. The SMILES string of the molecule is CCCCOCCCNc1ccnc(NCCC)n1. The van der Waals surface area contributed by atoms with Crippen molar-refractivity contribution < 1.29 is 4.74 Å². The number of unbranched alkanes of at least 4 members (excludes halogenated alkanes) is 1. The molecule has 19 heavy (non-hydrogen) atoms. The van der Waals surface area contributed by atoms with Gasteiger partial charge in [-0.3, -0.25) is 0 Å². The van der Waals surface area contributed by atoms with Crippen LogP contribution in [-0.2, 0) is 4.74 Å². The zero-order valence-corrected chi connectivity index (χ0v) is 12.1. The Bertz CT molecular complexity index is 333. The molecule has 5 nitrogen and oxygen atoms in total. The summed E-state index contributed by atoms with van der Waals surface area (Å²) in [6.45, 7) is 7.73. The summed E-state index contributed by atoms with van der Waals surface area (Å²) in [5.41, 5.74) is 0. The topological polar surface area (TPSA) is 59.1 Å². The monoisotopic (exact) mass is 266 g/mol. The highest BCUT2D eigenvalue weighted by atomic mass is 16.5. The van der Waals surface area contributed by atoms with Crippen LogP contribution in [0.5, 0.6) is 0 Å². The van der Waals surface area contributed by atoms with Gasteiger partial charge in [0, 0.05) is 32.5 Å². The number of nitrogens with zero attached hydrogens (tertiary/aromatic N) is 2. The maximum Gasteiger partial charge on any atom is 0.224 e. The molecule has 0 aromatic carbocycles. The van der Waals surface area contributed by atoms with Crippen LogP contribution in [0.25, 0.3) is 0 Å². The average Bonchev–Trinajstić information content (AvgIpc) is 2.44. The van der Waals surface area contributed by atoms with Crippen molar-refractivity contribution in [1.29, 1.82) is 0 Å². The van der Waals surface area contributed by atoms with Crippen LogP contribution in [0.15, 0.2) is 12.3 Å². The molecule has 0 amide bonds. The van der Waals surface area contributed by atoms with Crippen molar-refractivity contribution in [1.82, 2.24) is 9.97 Å². The fourth-order valence-electron chi connectivity index (χ4n) is 1.52. The lowest BCUT2D eigenvalue weighted by Crippen LogP contribution is -2.09. The fourth-order valence-corrected chi connectivity index (χ4v) is 1.52. The van der Waals surface area contributed by atoms with Crippen LogP contribution in [0.3, 0.4) is 0 Å². The number of aromatic nitrogens is 2. The Morgan fingerprint density at radius 2 is 1.89 bits per heavy atom. The number of anilines is 2. The Kier molecular flexibility index (Phi) is 8.72. The molecule has 1 rings (SSSR count). The quantitative estimate of drug-likeness (QED) is 0.603. The Hall–Kier alpha value is -1.36. The van der Waals surface area contributed by atoms with Gasteiger partial charge in [-0.1, -0.05) is 20.3 Å². The van der Waals surface area contributed by atoms with Gasteiger partial charge in [-0.15, -0.1) is 0 Å². The lowest BCUT2D eigenvalue weighted by atomic mass is 10.3. The van der Waals surface area contributed by atoms with Crippen molar-refractivity contribution in [2.45, 2.75) is 39.5 Å². The number of hydrogen-bond acceptors (Lipinski definition) is 5. The standard InChI is InChI=1S/C14H26N4O/c1-3-5-11-19-12-6-9-15-13-7-10-17-14(18-13)16-8-4-2/h7,10H,3-6,8-9,11-12H2,1-2H3,(H2,15,16,17,18). The van der Waals surface area contributed by atoms with E-state index in [9.17, 15) is 0 Å². The Balaban J connectivity index is 2.14. The van der Waals surface area contributed by atoms with Gasteiger partial charge in [0.1, 0.15) is 5.82 Å². The molecule has 108 valence electrons. The molecule has 1 heterocycles. The van der Waals surface area contributed by atoms with Gasteiger partial charge < -0.3 is 15.4 Å². The molecule has 0 bridgehead atoms. The second kappa shape index (κ2) is 10.6. The van der Waals surface area contributed by atoms with E-state index in [0.717, 1.165) is 51.4 Å². The summed E-state index contributed by atoms with van der Waals surface area (Å²) in [6, 6.07) is 1.88. The molecular weight excluding hydrogens is 240 g/mol. The predicted octanol–water partition coefficient (Wildman–Crippen LogP) is 2.92. The highest BCUT2D eigenvalue weighted by Gasteiger charge is 1.97. The number of nitrogens with one attached hydrogen (secondary N) is 2. The maximum atomic E-state index is 5.50. The first-order chi connectivity index (χ1) is 9.36. The van der Waals surface area contributed by atoms with Gasteiger partial charge in [0.2, 0.25) is 5.95 Å². The summed E-state index contributed by atoms with van der Waals surface area (Å²) in [5.74, 6) is 1.55. The van der Waals surface area contributed by atoms with E-state index in [0.29, 0.717) is 5.95 Å². The third kappa shape index (κ3) is 7.62.